The van der Waals surface area contributed by atoms with Gasteiger partial charge < -0.3 is 15.2 Å². The molecule has 158 valence electrons. The predicted molar refractivity (Wildman–Crippen MR) is 125 cm³/mol. The number of benzene rings is 3. The zero-order chi connectivity index (χ0) is 21.8. The first-order chi connectivity index (χ1) is 14.9. The third kappa shape index (κ3) is 3.27. The van der Waals surface area contributed by atoms with Gasteiger partial charge in [-0.1, -0.05) is 56.3 Å². The molecule has 0 fully saturated rings. The molecule has 2 aliphatic rings. The number of allylic oxidation sites excluding steroid dienone is 1. The Morgan fingerprint density at radius 3 is 2.71 bits per heavy atom. The maximum Gasteiger partial charge on any atom is 0.162 e. The van der Waals surface area contributed by atoms with Crippen LogP contribution in [-0.2, 0) is 4.79 Å². The Morgan fingerprint density at radius 2 is 1.90 bits per heavy atom. The maximum absolute atomic E-state index is 13.4. The van der Waals surface area contributed by atoms with Crippen molar-refractivity contribution in [3.63, 3.8) is 0 Å². The van der Waals surface area contributed by atoms with Crippen molar-refractivity contribution in [1.29, 1.82) is 0 Å². The summed E-state index contributed by atoms with van der Waals surface area (Å²) in [6.07, 6.45) is 1.39. The maximum atomic E-state index is 13.4. The average molecular weight is 414 g/mol. The number of aromatic hydroxyl groups is 1. The van der Waals surface area contributed by atoms with E-state index in [0.717, 1.165) is 39.8 Å². The highest BCUT2D eigenvalue weighted by atomic mass is 16.5. The molecule has 0 spiro atoms. The van der Waals surface area contributed by atoms with Crippen molar-refractivity contribution in [2.75, 3.05) is 11.9 Å². The summed E-state index contributed by atoms with van der Waals surface area (Å²) in [7, 11) is 0. The second kappa shape index (κ2) is 7.16. The molecule has 3 aromatic rings. The third-order valence-corrected chi connectivity index (χ3v) is 6.37. The number of ether oxygens (including phenoxy) is 1. The van der Waals surface area contributed by atoms with Crippen LogP contribution in [-0.4, -0.2) is 17.5 Å². The van der Waals surface area contributed by atoms with Crippen LogP contribution in [0.4, 0.5) is 5.69 Å². The Bertz CT molecular complexity index is 1240. The van der Waals surface area contributed by atoms with Crippen LogP contribution < -0.4 is 10.1 Å². The van der Waals surface area contributed by atoms with E-state index < -0.39 is 0 Å². The van der Waals surface area contributed by atoms with Gasteiger partial charge in [0.2, 0.25) is 0 Å². The standard InChI is InChI=1S/C27H27NO3/c1-4-31-23-13-17(10-12-21(23)29)25-24-20(14-27(2,3)15-22(24)30)19-11-9-16-7-5-6-8-18(16)26(19)28-25/h5-13,25,28-29H,4,14-15H2,1-3H3. The van der Waals surface area contributed by atoms with E-state index in [0.29, 0.717) is 18.8 Å². The van der Waals surface area contributed by atoms with Gasteiger partial charge in [-0.25, -0.2) is 0 Å². The Hall–Kier alpha value is -3.27. The average Bonchev–Trinajstić information content (AvgIpc) is 2.74. The summed E-state index contributed by atoms with van der Waals surface area (Å²) in [4.78, 5) is 13.4. The second-order valence-electron chi connectivity index (χ2n) is 9.28. The minimum atomic E-state index is -0.281. The number of hydrogen-bond acceptors (Lipinski definition) is 4. The number of hydrogen-bond donors (Lipinski definition) is 2. The number of carbonyl (C=O) groups excluding carboxylic acids is 1. The molecule has 3 aromatic carbocycles. The van der Waals surface area contributed by atoms with Crippen LogP contribution in [0.25, 0.3) is 16.3 Å². The quantitative estimate of drug-likeness (QED) is 0.532. The normalized spacial score (nSPS) is 19.6. The Balaban J connectivity index is 1.75. The molecule has 1 aliphatic carbocycles. The number of ketones is 1. The molecule has 4 nitrogen and oxygen atoms in total. The van der Waals surface area contributed by atoms with E-state index in [1.54, 1.807) is 6.07 Å². The van der Waals surface area contributed by atoms with E-state index in [1.807, 2.05) is 31.2 Å². The van der Waals surface area contributed by atoms with Crippen molar-refractivity contribution >= 4 is 27.8 Å². The summed E-state index contributed by atoms with van der Waals surface area (Å²) in [5, 5.41) is 16.2. The van der Waals surface area contributed by atoms with Gasteiger partial charge in [-0.3, -0.25) is 4.79 Å². The largest absolute Gasteiger partial charge is 0.504 e. The SMILES string of the molecule is CCOc1cc(C2Nc3c(ccc4ccccc34)C3=C2C(=O)CC(C)(C)C3)ccc1O. The van der Waals surface area contributed by atoms with Crippen molar-refractivity contribution in [1.82, 2.24) is 0 Å². The fourth-order valence-corrected chi connectivity index (χ4v) is 5.04. The molecule has 2 N–H and O–H groups in total. The molecular weight excluding hydrogens is 386 g/mol. The number of fused-ring (bicyclic) bond motifs is 4. The van der Waals surface area contributed by atoms with Gasteiger partial charge in [0.15, 0.2) is 17.3 Å². The highest BCUT2D eigenvalue weighted by Gasteiger charge is 2.40. The lowest BCUT2D eigenvalue weighted by Gasteiger charge is -2.40. The fourth-order valence-electron chi connectivity index (χ4n) is 5.04. The van der Waals surface area contributed by atoms with Gasteiger partial charge in [-0.15, -0.1) is 0 Å². The summed E-state index contributed by atoms with van der Waals surface area (Å²) in [6, 6.07) is 17.7. The molecule has 0 saturated carbocycles. The summed E-state index contributed by atoms with van der Waals surface area (Å²) >= 11 is 0. The number of anilines is 1. The smallest absolute Gasteiger partial charge is 0.162 e. The van der Waals surface area contributed by atoms with Crippen LogP contribution in [0.2, 0.25) is 0 Å². The molecule has 1 aliphatic heterocycles. The molecule has 4 heteroatoms. The first kappa shape index (κ1) is 19.7. The molecule has 0 amide bonds. The zero-order valence-corrected chi connectivity index (χ0v) is 18.2. The van der Waals surface area contributed by atoms with Crippen LogP contribution >= 0.6 is 0 Å². The van der Waals surface area contributed by atoms with Gasteiger partial charge in [-0.05, 0) is 47.4 Å². The monoisotopic (exact) mass is 413 g/mol. The molecule has 0 bridgehead atoms. The number of carbonyl (C=O) groups is 1. The van der Waals surface area contributed by atoms with Gasteiger partial charge in [0.05, 0.1) is 18.3 Å². The summed E-state index contributed by atoms with van der Waals surface area (Å²) in [6.45, 7) is 6.69. The third-order valence-electron chi connectivity index (χ3n) is 6.37. The van der Waals surface area contributed by atoms with Crippen molar-refractivity contribution in [3.8, 4) is 11.5 Å². The predicted octanol–water partition coefficient (Wildman–Crippen LogP) is 6.25. The lowest BCUT2D eigenvalue weighted by atomic mass is 9.68. The number of Topliss-reactive ketones (excluding diaryl/α,β-unsaturated/α-hetero) is 1. The fraction of sp³-hybridized carbons (Fsp3) is 0.296. The van der Waals surface area contributed by atoms with E-state index in [-0.39, 0.29) is 23.0 Å². The molecule has 0 radical (unpaired) electrons. The van der Waals surface area contributed by atoms with Crippen LogP contribution in [0.3, 0.4) is 0 Å². The number of nitrogens with one attached hydrogen (secondary N) is 1. The summed E-state index contributed by atoms with van der Waals surface area (Å²) in [5.41, 5.74) is 5.01. The first-order valence-corrected chi connectivity index (χ1v) is 10.9. The Kier molecular flexibility index (Phi) is 4.54. The van der Waals surface area contributed by atoms with Gasteiger partial charge in [0, 0.05) is 22.9 Å². The Morgan fingerprint density at radius 1 is 1.10 bits per heavy atom. The minimum Gasteiger partial charge on any atom is -0.504 e. The topological polar surface area (TPSA) is 58.6 Å². The van der Waals surface area contributed by atoms with Crippen molar-refractivity contribution in [2.24, 2.45) is 5.41 Å². The zero-order valence-electron chi connectivity index (χ0n) is 18.2. The molecule has 1 atom stereocenters. The molecule has 0 aromatic heterocycles. The van der Waals surface area contributed by atoms with Crippen LogP contribution in [0.1, 0.15) is 50.8 Å². The molecule has 0 saturated heterocycles. The van der Waals surface area contributed by atoms with E-state index in [2.05, 4.69) is 43.4 Å². The van der Waals surface area contributed by atoms with Crippen LogP contribution in [0.5, 0.6) is 11.5 Å². The molecule has 1 unspecified atom stereocenters. The molecule has 5 rings (SSSR count). The Labute approximate surface area is 182 Å². The molecule has 31 heavy (non-hydrogen) atoms. The summed E-state index contributed by atoms with van der Waals surface area (Å²) in [5.74, 6) is 0.738. The minimum absolute atomic E-state index is 0.0772. The van der Waals surface area contributed by atoms with Gasteiger partial charge >= 0.3 is 0 Å². The van der Waals surface area contributed by atoms with Crippen molar-refractivity contribution in [3.05, 3.63) is 71.3 Å². The van der Waals surface area contributed by atoms with Crippen molar-refractivity contribution < 1.29 is 14.6 Å². The first-order valence-electron chi connectivity index (χ1n) is 10.9. The van der Waals surface area contributed by atoms with E-state index in [9.17, 15) is 9.90 Å². The number of phenolic OH excluding ortho intramolecular Hbond substituents is 1. The van der Waals surface area contributed by atoms with Crippen LogP contribution in [0, 0.1) is 5.41 Å². The highest BCUT2D eigenvalue weighted by Crippen LogP contribution is 2.52. The highest BCUT2D eigenvalue weighted by molar-refractivity contribution is 6.12. The number of rotatable bonds is 3. The lowest BCUT2D eigenvalue weighted by molar-refractivity contribution is -0.118. The van der Waals surface area contributed by atoms with E-state index in [4.69, 9.17) is 4.74 Å². The van der Waals surface area contributed by atoms with E-state index >= 15 is 0 Å². The van der Waals surface area contributed by atoms with E-state index in [1.165, 1.54) is 5.39 Å². The second-order valence-corrected chi connectivity index (χ2v) is 9.28. The summed E-state index contributed by atoms with van der Waals surface area (Å²) < 4.78 is 5.63. The van der Waals surface area contributed by atoms with Gasteiger partial charge in [0.25, 0.3) is 0 Å². The van der Waals surface area contributed by atoms with Gasteiger partial charge in [-0.2, -0.15) is 0 Å². The number of phenols is 1. The van der Waals surface area contributed by atoms with Crippen LogP contribution in [0.15, 0.2) is 60.2 Å². The molecular formula is C27H27NO3. The lowest BCUT2D eigenvalue weighted by Crippen LogP contribution is -2.33. The van der Waals surface area contributed by atoms with Crippen molar-refractivity contribution in [2.45, 2.75) is 39.7 Å². The van der Waals surface area contributed by atoms with Gasteiger partial charge in [0.1, 0.15) is 0 Å². The molecule has 1 heterocycles.